The van der Waals surface area contributed by atoms with Crippen LogP contribution in [0, 0.1) is 0 Å². The van der Waals surface area contributed by atoms with Crippen LogP contribution in [-0.2, 0) is 20.8 Å². The van der Waals surface area contributed by atoms with Gasteiger partial charge in [0, 0.05) is 37.8 Å². The van der Waals surface area contributed by atoms with Gasteiger partial charge >= 0.3 is 6.09 Å². The van der Waals surface area contributed by atoms with E-state index in [1.165, 1.54) is 12.8 Å². The SMILES string of the molecule is CC(C)(C)OC(=O)NCCOCCOCCNC(=O)c1ccc(CNc2nc(NCCCN)nc3c2ncn3C2CCCC2)cc1. The molecule has 0 radical (unpaired) electrons. The molecule has 1 saturated carbocycles. The number of nitrogens with two attached hydrogens (primary N) is 1. The third kappa shape index (κ3) is 11.1. The van der Waals surface area contributed by atoms with Crippen molar-refractivity contribution in [2.24, 2.45) is 5.73 Å². The summed E-state index contributed by atoms with van der Waals surface area (Å²) in [6, 6.07) is 7.86. The van der Waals surface area contributed by atoms with Crippen LogP contribution in [0.3, 0.4) is 0 Å². The number of hydrogen-bond acceptors (Lipinski definition) is 11. The van der Waals surface area contributed by atoms with E-state index in [0.29, 0.717) is 82.5 Å². The largest absolute Gasteiger partial charge is 0.444 e. The van der Waals surface area contributed by atoms with Gasteiger partial charge in [-0.3, -0.25) is 4.79 Å². The number of carbonyl (C=O) groups is 2. The molecule has 2 heterocycles. The summed E-state index contributed by atoms with van der Waals surface area (Å²) < 4.78 is 18.3. The third-order valence-electron chi connectivity index (χ3n) is 7.30. The highest BCUT2D eigenvalue weighted by molar-refractivity contribution is 5.94. The first-order valence-corrected chi connectivity index (χ1v) is 16.2. The van der Waals surface area contributed by atoms with Crippen LogP contribution in [0.1, 0.15) is 74.8 Å². The first kappa shape index (κ1) is 34.9. The molecule has 46 heavy (non-hydrogen) atoms. The van der Waals surface area contributed by atoms with Crippen LogP contribution in [0.4, 0.5) is 16.6 Å². The number of nitrogens with zero attached hydrogens (tertiary/aromatic N) is 4. The molecular weight excluding hydrogens is 590 g/mol. The van der Waals surface area contributed by atoms with Gasteiger partial charge in [-0.05, 0) is 64.3 Å². The van der Waals surface area contributed by atoms with Crippen molar-refractivity contribution in [2.75, 3.05) is 63.2 Å². The Kier molecular flexibility index (Phi) is 13.4. The number of ether oxygens (including phenoxy) is 3. The summed E-state index contributed by atoms with van der Waals surface area (Å²) >= 11 is 0. The summed E-state index contributed by atoms with van der Waals surface area (Å²) in [5.41, 5.74) is 8.28. The summed E-state index contributed by atoms with van der Waals surface area (Å²) in [6.07, 6.45) is 6.94. The third-order valence-corrected chi connectivity index (χ3v) is 7.30. The van der Waals surface area contributed by atoms with Gasteiger partial charge in [0.15, 0.2) is 17.0 Å². The molecule has 252 valence electrons. The minimum Gasteiger partial charge on any atom is -0.444 e. The smallest absolute Gasteiger partial charge is 0.407 e. The first-order chi connectivity index (χ1) is 22.2. The number of rotatable bonds is 18. The zero-order valence-corrected chi connectivity index (χ0v) is 27.3. The van der Waals surface area contributed by atoms with Crippen LogP contribution < -0.4 is 27.0 Å². The second-order valence-corrected chi connectivity index (χ2v) is 12.2. The summed E-state index contributed by atoms with van der Waals surface area (Å²) in [4.78, 5) is 38.3. The number of amides is 2. The number of carbonyl (C=O) groups excluding carboxylic acids is 2. The lowest BCUT2D eigenvalue weighted by Gasteiger charge is -2.19. The van der Waals surface area contributed by atoms with Crippen molar-refractivity contribution in [2.45, 2.75) is 71.1 Å². The average Bonchev–Trinajstić information content (AvgIpc) is 3.71. The maximum atomic E-state index is 12.6. The number of aromatic nitrogens is 4. The fourth-order valence-corrected chi connectivity index (χ4v) is 5.03. The Hall–Kier alpha value is -4.01. The Labute approximate surface area is 270 Å². The van der Waals surface area contributed by atoms with Gasteiger partial charge in [0.05, 0.1) is 32.8 Å². The molecule has 2 amide bonds. The van der Waals surface area contributed by atoms with Gasteiger partial charge in [-0.15, -0.1) is 0 Å². The average molecular weight is 640 g/mol. The van der Waals surface area contributed by atoms with Crippen molar-refractivity contribution >= 4 is 34.9 Å². The molecule has 0 atom stereocenters. The molecule has 1 aliphatic rings. The predicted octanol–water partition coefficient (Wildman–Crippen LogP) is 3.60. The topological polar surface area (TPSA) is 180 Å². The molecule has 2 aromatic heterocycles. The Morgan fingerprint density at radius 3 is 2.30 bits per heavy atom. The molecule has 0 aliphatic heterocycles. The summed E-state index contributed by atoms with van der Waals surface area (Å²) in [5.74, 6) is 1.05. The quantitative estimate of drug-likeness (QED) is 0.128. The maximum Gasteiger partial charge on any atom is 0.407 e. The zero-order valence-electron chi connectivity index (χ0n) is 27.3. The van der Waals surface area contributed by atoms with E-state index >= 15 is 0 Å². The molecular formula is C32H49N9O5. The number of imidazole rings is 1. The number of alkyl carbamates (subject to hydrolysis) is 1. The Morgan fingerprint density at radius 2 is 1.63 bits per heavy atom. The van der Waals surface area contributed by atoms with Gasteiger partial charge in [0.1, 0.15) is 5.60 Å². The fourth-order valence-electron chi connectivity index (χ4n) is 5.03. The molecule has 1 aromatic carbocycles. The standard InChI is InChI=1S/C32H49N9O5/c1-32(2,3)46-31(43)36-16-18-45-20-19-44-17-15-34-29(42)24-11-9-23(10-12-24)21-37-27-26-28(40-30(39-27)35-14-6-13-33)41(22-38-26)25-7-4-5-8-25/h9-12,22,25H,4-8,13-21,33H2,1-3H3,(H,34,42)(H,36,43)(H2,35,37,39,40). The monoisotopic (exact) mass is 639 g/mol. The Bertz CT molecular complexity index is 1390. The Morgan fingerprint density at radius 1 is 0.935 bits per heavy atom. The van der Waals surface area contributed by atoms with Crippen LogP contribution in [0.25, 0.3) is 11.2 Å². The van der Waals surface area contributed by atoms with Crippen LogP contribution in [0.2, 0.25) is 0 Å². The van der Waals surface area contributed by atoms with Gasteiger partial charge in [-0.1, -0.05) is 25.0 Å². The van der Waals surface area contributed by atoms with E-state index < -0.39 is 11.7 Å². The van der Waals surface area contributed by atoms with Crippen LogP contribution in [-0.4, -0.2) is 89.7 Å². The fraction of sp³-hybridized carbons (Fsp3) is 0.594. The van der Waals surface area contributed by atoms with Gasteiger partial charge in [-0.25, -0.2) is 9.78 Å². The van der Waals surface area contributed by atoms with Crippen LogP contribution in [0.5, 0.6) is 0 Å². The molecule has 6 N–H and O–H groups in total. The highest BCUT2D eigenvalue weighted by atomic mass is 16.6. The first-order valence-electron chi connectivity index (χ1n) is 16.2. The predicted molar refractivity (Wildman–Crippen MR) is 177 cm³/mol. The molecule has 1 aliphatic carbocycles. The molecule has 14 heteroatoms. The number of hydrogen-bond donors (Lipinski definition) is 5. The van der Waals surface area contributed by atoms with Crippen molar-refractivity contribution in [1.82, 2.24) is 30.2 Å². The molecule has 14 nitrogen and oxygen atoms in total. The van der Waals surface area contributed by atoms with Gasteiger partial charge < -0.3 is 45.8 Å². The van der Waals surface area contributed by atoms with E-state index in [2.05, 4.69) is 30.8 Å². The highest BCUT2D eigenvalue weighted by Crippen LogP contribution is 2.33. The van der Waals surface area contributed by atoms with Gasteiger partial charge in [0.2, 0.25) is 5.95 Å². The molecule has 4 rings (SSSR count). The van der Waals surface area contributed by atoms with Crippen molar-refractivity contribution < 1.29 is 23.8 Å². The van der Waals surface area contributed by atoms with E-state index in [-0.39, 0.29) is 5.91 Å². The van der Waals surface area contributed by atoms with Crippen molar-refractivity contribution in [1.29, 1.82) is 0 Å². The number of fused-ring (bicyclic) bond motifs is 1. The van der Waals surface area contributed by atoms with E-state index in [1.54, 1.807) is 12.1 Å². The zero-order chi connectivity index (χ0) is 32.8. The van der Waals surface area contributed by atoms with Crippen LogP contribution in [0.15, 0.2) is 30.6 Å². The van der Waals surface area contributed by atoms with Crippen LogP contribution >= 0.6 is 0 Å². The second kappa shape index (κ2) is 17.6. The molecule has 0 saturated heterocycles. The summed E-state index contributed by atoms with van der Waals surface area (Å²) in [7, 11) is 0. The van der Waals surface area contributed by atoms with Crippen molar-refractivity contribution in [3.05, 3.63) is 41.7 Å². The number of benzene rings is 1. The second-order valence-electron chi connectivity index (χ2n) is 12.2. The van der Waals surface area contributed by atoms with E-state index in [0.717, 1.165) is 36.0 Å². The minimum absolute atomic E-state index is 0.171. The normalized spacial score (nSPS) is 13.6. The number of anilines is 2. The van der Waals surface area contributed by atoms with Crippen molar-refractivity contribution in [3.63, 3.8) is 0 Å². The highest BCUT2D eigenvalue weighted by Gasteiger charge is 2.22. The molecule has 3 aromatic rings. The molecule has 0 spiro atoms. The summed E-state index contributed by atoms with van der Waals surface area (Å²) in [6.45, 7) is 9.44. The van der Waals surface area contributed by atoms with E-state index in [4.69, 9.17) is 29.9 Å². The molecule has 0 bridgehead atoms. The minimum atomic E-state index is -0.532. The maximum absolute atomic E-state index is 12.6. The van der Waals surface area contributed by atoms with E-state index in [1.807, 2.05) is 39.2 Å². The molecule has 1 fully saturated rings. The van der Waals surface area contributed by atoms with Gasteiger partial charge in [-0.2, -0.15) is 9.97 Å². The summed E-state index contributed by atoms with van der Waals surface area (Å²) in [5, 5.41) is 12.2. The van der Waals surface area contributed by atoms with E-state index in [9.17, 15) is 9.59 Å². The lowest BCUT2D eigenvalue weighted by molar-refractivity contribution is 0.0400. The lowest BCUT2D eigenvalue weighted by atomic mass is 10.1. The molecule has 0 unspecified atom stereocenters. The lowest BCUT2D eigenvalue weighted by Crippen LogP contribution is -2.34. The van der Waals surface area contributed by atoms with Crippen molar-refractivity contribution in [3.8, 4) is 0 Å². The Balaban J connectivity index is 1.17. The number of nitrogens with one attached hydrogen (secondary N) is 4. The van der Waals surface area contributed by atoms with Gasteiger partial charge in [0.25, 0.3) is 5.91 Å².